The zero-order chi connectivity index (χ0) is 14.7. The first-order valence-corrected chi connectivity index (χ1v) is 6.17. The molecule has 0 spiro atoms. The summed E-state index contributed by atoms with van der Waals surface area (Å²) in [7, 11) is 1.75. The third-order valence-electron chi connectivity index (χ3n) is 3.13. The Bertz CT molecular complexity index is 613. The van der Waals surface area contributed by atoms with E-state index in [1.807, 2.05) is 0 Å². The largest absolute Gasteiger partial charge is 0.390 e. The van der Waals surface area contributed by atoms with Crippen LogP contribution in [0, 0.1) is 10.1 Å². The number of aromatic amines is 1. The van der Waals surface area contributed by atoms with Crippen molar-refractivity contribution in [2.75, 3.05) is 13.6 Å². The number of H-pyrrole nitrogens is 1. The van der Waals surface area contributed by atoms with Gasteiger partial charge in [-0.1, -0.05) is 0 Å². The summed E-state index contributed by atoms with van der Waals surface area (Å²) in [5.41, 5.74) is 0.674. The van der Waals surface area contributed by atoms with Crippen molar-refractivity contribution >= 4 is 16.6 Å². The van der Waals surface area contributed by atoms with E-state index in [2.05, 4.69) is 15.5 Å². The van der Waals surface area contributed by atoms with E-state index in [1.54, 1.807) is 7.05 Å². The summed E-state index contributed by atoms with van der Waals surface area (Å²) >= 11 is 0. The van der Waals surface area contributed by atoms with E-state index < -0.39 is 17.1 Å². The van der Waals surface area contributed by atoms with E-state index in [9.17, 15) is 20.3 Å². The maximum Gasteiger partial charge on any atom is 0.271 e. The molecular weight excluding hydrogens is 264 g/mol. The molecular formula is C12H16N4O4. The summed E-state index contributed by atoms with van der Waals surface area (Å²) in [6.45, 7) is 0.565. The third kappa shape index (κ3) is 2.77. The fraction of sp³-hybridized carbons (Fsp3) is 0.417. The Balaban J connectivity index is 2.29. The Morgan fingerprint density at radius 2 is 2.25 bits per heavy atom. The first-order valence-electron chi connectivity index (χ1n) is 6.17. The van der Waals surface area contributed by atoms with Crippen molar-refractivity contribution in [2.24, 2.45) is 0 Å². The van der Waals surface area contributed by atoms with Gasteiger partial charge >= 0.3 is 0 Å². The highest BCUT2D eigenvalue weighted by molar-refractivity contribution is 5.83. The third-order valence-corrected chi connectivity index (χ3v) is 3.13. The average Bonchev–Trinajstić information content (AvgIpc) is 2.86. The predicted octanol–water partition coefficient (Wildman–Crippen LogP) is 0.475. The van der Waals surface area contributed by atoms with Crippen LogP contribution in [0.3, 0.4) is 0 Å². The molecule has 8 nitrogen and oxygen atoms in total. The van der Waals surface area contributed by atoms with Gasteiger partial charge in [-0.15, -0.1) is 0 Å². The van der Waals surface area contributed by atoms with Gasteiger partial charge in [0.1, 0.15) is 6.10 Å². The van der Waals surface area contributed by atoms with E-state index in [4.69, 9.17) is 0 Å². The van der Waals surface area contributed by atoms with Crippen molar-refractivity contribution in [3.05, 3.63) is 34.0 Å². The Morgan fingerprint density at radius 3 is 2.90 bits per heavy atom. The van der Waals surface area contributed by atoms with Crippen LogP contribution in [0.1, 0.15) is 18.2 Å². The molecule has 1 heterocycles. The molecule has 0 radical (unpaired) electrons. The summed E-state index contributed by atoms with van der Waals surface area (Å²) in [6.07, 6.45) is -1.68. The minimum absolute atomic E-state index is 0.0687. The van der Waals surface area contributed by atoms with Gasteiger partial charge < -0.3 is 15.5 Å². The van der Waals surface area contributed by atoms with Crippen LogP contribution in [0.4, 0.5) is 5.69 Å². The lowest BCUT2D eigenvalue weighted by Gasteiger charge is -2.16. The molecule has 0 amide bonds. The van der Waals surface area contributed by atoms with Gasteiger partial charge in [-0.25, -0.2) is 0 Å². The van der Waals surface area contributed by atoms with Gasteiger partial charge in [-0.05, 0) is 26.1 Å². The molecule has 2 aromatic rings. The van der Waals surface area contributed by atoms with Crippen LogP contribution in [0.5, 0.6) is 0 Å². The van der Waals surface area contributed by atoms with Crippen LogP contribution in [-0.2, 0) is 0 Å². The summed E-state index contributed by atoms with van der Waals surface area (Å²) in [5.74, 6) is 0. The van der Waals surface area contributed by atoms with E-state index in [0.717, 1.165) is 0 Å². The molecule has 0 aliphatic rings. The summed E-state index contributed by atoms with van der Waals surface area (Å²) in [4.78, 5) is 10.2. The standard InChI is InChI=1S/C12H16N4O4/c1-13-5-4-10(17)12(18)11-8-3-2-7(16(19)20)6-9(8)14-15-11/h2-3,6,10,12-13,17-18H,4-5H2,1H3,(H,14,15). The second kappa shape index (κ2) is 5.95. The molecule has 108 valence electrons. The molecule has 4 N–H and O–H groups in total. The molecule has 2 rings (SSSR count). The van der Waals surface area contributed by atoms with Crippen molar-refractivity contribution in [3.8, 4) is 0 Å². The van der Waals surface area contributed by atoms with Crippen LogP contribution >= 0.6 is 0 Å². The lowest BCUT2D eigenvalue weighted by Crippen LogP contribution is -2.23. The Morgan fingerprint density at radius 1 is 1.50 bits per heavy atom. The van der Waals surface area contributed by atoms with E-state index in [0.29, 0.717) is 29.6 Å². The molecule has 2 unspecified atom stereocenters. The van der Waals surface area contributed by atoms with Gasteiger partial charge in [0.15, 0.2) is 0 Å². The number of nitro groups is 1. The maximum absolute atomic E-state index is 10.7. The summed E-state index contributed by atoms with van der Waals surface area (Å²) < 4.78 is 0. The lowest BCUT2D eigenvalue weighted by atomic mass is 10.0. The number of benzene rings is 1. The van der Waals surface area contributed by atoms with Gasteiger partial charge in [-0.3, -0.25) is 15.2 Å². The van der Waals surface area contributed by atoms with E-state index in [-0.39, 0.29) is 5.69 Å². The maximum atomic E-state index is 10.7. The number of nitrogens with zero attached hydrogens (tertiary/aromatic N) is 2. The molecule has 0 bridgehead atoms. The molecule has 1 aromatic heterocycles. The number of fused-ring (bicyclic) bond motifs is 1. The van der Waals surface area contributed by atoms with Crippen LogP contribution in [-0.4, -0.2) is 45.0 Å². The van der Waals surface area contributed by atoms with Crippen LogP contribution in [0.15, 0.2) is 18.2 Å². The molecule has 0 aliphatic heterocycles. The highest BCUT2D eigenvalue weighted by atomic mass is 16.6. The van der Waals surface area contributed by atoms with E-state index >= 15 is 0 Å². The number of aliphatic hydroxyl groups excluding tert-OH is 2. The Hall–Kier alpha value is -2.03. The van der Waals surface area contributed by atoms with Crippen molar-refractivity contribution in [1.82, 2.24) is 15.5 Å². The quantitative estimate of drug-likeness (QED) is 0.450. The first kappa shape index (κ1) is 14.4. The molecule has 0 aliphatic carbocycles. The SMILES string of the molecule is CNCCC(O)C(O)c1[nH]nc2cc([N+](=O)[O-])ccc12. The highest BCUT2D eigenvalue weighted by Gasteiger charge is 2.22. The first-order chi connectivity index (χ1) is 9.54. The molecule has 0 fully saturated rings. The van der Waals surface area contributed by atoms with Gasteiger partial charge in [0, 0.05) is 17.5 Å². The van der Waals surface area contributed by atoms with Crippen molar-refractivity contribution in [3.63, 3.8) is 0 Å². The van der Waals surface area contributed by atoms with Crippen molar-refractivity contribution in [1.29, 1.82) is 0 Å². The van der Waals surface area contributed by atoms with Crippen LogP contribution < -0.4 is 5.32 Å². The van der Waals surface area contributed by atoms with Gasteiger partial charge in [0.05, 0.1) is 22.2 Å². The van der Waals surface area contributed by atoms with Crippen molar-refractivity contribution in [2.45, 2.75) is 18.6 Å². The van der Waals surface area contributed by atoms with Crippen LogP contribution in [0.25, 0.3) is 10.9 Å². The zero-order valence-electron chi connectivity index (χ0n) is 10.9. The number of rotatable bonds is 6. The minimum Gasteiger partial charge on any atom is -0.390 e. The number of non-ortho nitro benzene ring substituents is 1. The second-order valence-corrected chi connectivity index (χ2v) is 4.50. The van der Waals surface area contributed by atoms with Gasteiger partial charge in [-0.2, -0.15) is 5.10 Å². The summed E-state index contributed by atoms with van der Waals surface area (Å²) in [6, 6.07) is 4.18. The number of aromatic nitrogens is 2. The van der Waals surface area contributed by atoms with Gasteiger partial charge in [0.25, 0.3) is 5.69 Å². The highest BCUT2D eigenvalue weighted by Crippen LogP contribution is 2.27. The molecule has 0 saturated carbocycles. The Labute approximate surface area is 114 Å². The Kier molecular flexibility index (Phi) is 4.28. The zero-order valence-corrected chi connectivity index (χ0v) is 10.9. The molecule has 2 atom stereocenters. The number of hydrogen-bond acceptors (Lipinski definition) is 6. The van der Waals surface area contributed by atoms with Crippen molar-refractivity contribution < 1.29 is 15.1 Å². The number of aliphatic hydroxyl groups is 2. The summed E-state index contributed by atoms with van der Waals surface area (Å²) in [5, 5.41) is 40.7. The second-order valence-electron chi connectivity index (χ2n) is 4.50. The molecule has 1 aromatic carbocycles. The molecule has 20 heavy (non-hydrogen) atoms. The number of nitrogens with one attached hydrogen (secondary N) is 2. The normalized spacial score (nSPS) is 14.3. The molecule has 8 heteroatoms. The lowest BCUT2D eigenvalue weighted by molar-refractivity contribution is -0.384. The number of nitro benzene ring substituents is 1. The monoisotopic (exact) mass is 280 g/mol. The minimum atomic E-state index is -1.12. The molecule has 0 saturated heterocycles. The topological polar surface area (TPSA) is 124 Å². The fourth-order valence-corrected chi connectivity index (χ4v) is 2.00. The van der Waals surface area contributed by atoms with Crippen LogP contribution in [0.2, 0.25) is 0 Å². The predicted molar refractivity (Wildman–Crippen MR) is 72.3 cm³/mol. The van der Waals surface area contributed by atoms with E-state index in [1.165, 1.54) is 18.2 Å². The number of hydrogen-bond donors (Lipinski definition) is 4. The van der Waals surface area contributed by atoms with Gasteiger partial charge in [0.2, 0.25) is 0 Å². The average molecular weight is 280 g/mol. The fourth-order valence-electron chi connectivity index (χ4n) is 2.00. The smallest absolute Gasteiger partial charge is 0.271 e.